The number of aromatic hydroxyl groups is 1. The predicted molar refractivity (Wildman–Crippen MR) is 78.5 cm³/mol. The summed E-state index contributed by atoms with van der Waals surface area (Å²) < 4.78 is 0. The highest BCUT2D eigenvalue weighted by Gasteiger charge is 2.23. The van der Waals surface area contributed by atoms with Crippen LogP contribution in [0.15, 0.2) is 53.6 Å². The maximum absolute atomic E-state index is 10.8. The first kappa shape index (κ1) is 13.2. The number of para-hydroxylation sites is 1. The summed E-state index contributed by atoms with van der Waals surface area (Å²) >= 11 is 0. The summed E-state index contributed by atoms with van der Waals surface area (Å²) in [5.74, 6) is -0.701. The number of hydrogen-bond donors (Lipinski definition) is 3. The van der Waals surface area contributed by atoms with Crippen molar-refractivity contribution in [3.05, 3.63) is 65.2 Å². The second kappa shape index (κ2) is 5.28. The first-order chi connectivity index (χ1) is 10.1. The Kier molecular flexibility index (Phi) is 3.31. The Morgan fingerprint density at radius 1 is 1.14 bits per heavy atom. The molecule has 106 valence electrons. The molecule has 0 radical (unpaired) electrons. The lowest BCUT2D eigenvalue weighted by atomic mass is 9.98. The highest BCUT2D eigenvalue weighted by atomic mass is 16.4. The van der Waals surface area contributed by atoms with Gasteiger partial charge in [-0.1, -0.05) is 30.3 Å². The summed E-state index contributed by atoms with van der Waals surface area (Å²) in [4.78, 5) is 10.8. The van der Waals surface area contributed by atoms with Crippen LogP contribution in [0.1, 0.15) is 33.9 Å². The fourth-order valence-electron chi connectivity index (χ4n) is 2.39. The monoisotopic (exact) mass is 282 g/mol. The van der Waals surface area contributed by atoms with Crippen molar-refractivity contribution in [3.63, 3.8) is 0 Å². The Bertz CT molecular complexity index is 708. The third-order valence-electron chi connectivity index (χ3n) is 3.53. The first-order valence-corrected chi connectivity index (χ1v) is 6.59. The molecule has 0 aliphatic carbocycles. The maximum atomic E-state index is 10.8. The quantitative estimate of drug-likeness (QED) is 0.808. The van der Waals surface area contributed by atoms with E-state index in [2.05, 4.69) is 10.5 Å². The number of nitrogens with one attached hydrogen (secondary N) is 1. The van der Waals surface area contributed by atoms with Gasteiger partial charge >= 0.3 is 5.97 Å². The normalized spacial score (nSPS) is 17.1. The largest absolute Gasteiger partial charge is 0.508 e. The Morgan fingerprint density at radius 2 is 1.86 bits per heavy atom. The van der Waals surface area contributed by atoms with Crippen LogP contribution < -0.4 is 5.43 Å². The molecule has 3 rings (SSSR count). The molecule has 0 spiro atoms. The standard InChI is InChI=1S/C16H14N2O3/c19-15-4-2-1-3-12(15)14-9-13(17-18-14)10-5-7-11(8-6-10)16(20)21/h1-8,14,18-19H,9H2,(H,20,21). The van der Waals surface area contributed by atoms with Gasteiger partial charge in [0, 0.05) is 12.0 Å². The van der Waals surface area contributed by atoms with E-state index in [1.165, 1.54) is 0 Å². The number of carboxylic acid groups (broad SMARTS) is 1. The minimum absolute atomic E-state index is 0.0691. The fourth-order valence-corrected chi connectivity index (χ4v) is 2.39. The molecule has 5 nitrogen and oxygen atoms in total. The minimum Gasteiger partial charge on any atom is -0.508 e. The third kappa shape index (κ3) is 2.58. The fraction of sp³-hybridized carbons (Fsp3) is 0.125. The van der Waals surface area contributed by atoms with Gasteiger partial charge in [-0.25, -0.2) is 4.79 Å². The molecule has 1 aliphatic rings. The van der Waals surface area contributed by atoms with Crippen LogP contribution in [-0.2, 0) is 0 Å². The van der Waals surface area contributed by atoms with Crippen molar-refractivity contribution in [1.82, 2.24) is 5.43 Å². The van der Waals surface area contributed by atoms with E-state index in [0.717, 1.165) is 16.8 Å². The van der Waals surface area contributed by atoms with Crippen LogP contribution in [0.25, 0.3) is 0 Å². The first-order valence-electron chi connectivity index (χ1n) is 6.59. The number of aromatic carboxylic acids is 1. The van der Waals surface area contributed by atoms with Crippen molar-refractivity contribution in [3.8, 4) is 5.75 Å². The number of rotatable bonds is 3. The highest BCUT2D eigenvalue weighted by Crippen LogP contribution is 2.30. The number of phenolic OH excluding ortho intramolecular Hbond substituents is 1. The van der Waals surface area contributed by atoms with Crippen molar-refractivity contribution in [2.45, 2.75) is 12.5 Å². The van der Waals surface area contributed by atoms with E-state index in [9.17, 15) is 9.90 Å². The van der Waals surface area contributed by atoms with E-state index < -0.39 is 5.97 Å². The van der Waals surface area contributed by atoms with Crippen LogP contribution >= 0.6 is 0 Å². The van der Waals surface area contributed by atoms with Crippen molar-refractivity contribution < 1.29 is 15.0 Å². The van der Waals surface area contributed by atoms with Crippen molar-refractivity contribution >= 4 is 11.7 Å². The van der Waals surface area contributed by atoms with E-state index in [0.29, 0.717) is 6.42 Å². The summed E-state index contributed by atoms with van der Waals surface area (Å²) in [6.07, 6.45) is 0.643. The minimum atomic E-state index is -0.944. The van der Waals surface area contributed by atoms with Gasteiger partial charge in [-0.15, -0.1) is 0 Å². The number of hydrazone groups is 1. The average molecular weight is 282 g/mol. The molecule has 0 saturated heterocycles. The smallest absolute Gasteiger partial charge is 0.335 e. The van der Waals surface area contributed by atoms with Gasteiger partial charge in [-0.05, 0) is 23.8 Å². The van der Waals surface area contributed by atoms with Gasteiger partial charge in [0.15, 0.2) is 0 Å². The number of carboxylic acids is 1. The summed E-state index contributed by atoms with van der Waals surface area (Å²) in [5.41, 5.74) is 5.80. The molecule has 0 aromatic heterocycles. The SMILES string of the molecule is O=C(O)c1ccc(C2=NNC(c3ccccc3O)C2)cc1. The molecule has 1 atom stereocenters. The third-order valence-corrected chi connectivity index (χ3v) is 3.53. The van der Waals surface area contributed by atoms with Crippen LogP contribution in [0.4, 0.5) is 0 Å². The number of phenols is 1. The Labute approximate surface area is 121 Å². The molecule has 0 bridgehead atoms. The van der Waals surface area contributed by atoms with Gasteiger partial charge in [0.25, 0.3) is 0 Å². The molecule has 1 unspecified atom stereocenters. The van der Waals surface area contributed by atoms with Gasteiger partial charge in [0.1, 0.15) is 5.75 Å². The molecular weight excluding hydrogens is 268 g/mol. The molecule has 3 N–H and O–H groups in total. The molecule has 2 aromatic carbocycles. The van der Waals surface area contributed by atoms with Gasteiger partial charge in [0.2, 0.25) is 0 Å². The van der Waals surface area contributed by atoms with Crippen molar-refractivity contribution in [2.24, 2.45) is 5.10 Å². The number of hydrogen-bond acceptors (Lipinski definition) is 4. The second-order valence-electron chi connectivity index (χ2n) is 4.89. The van der Waals surface area contributed by atoms with E-state index in [1.54, 1.807) is 36.4 Å². The maximum Gasteiger partial charge on any atom is 0.335 e. The van der Waals surface area contributed by atoms with Crippen molar-refractivity contribution in [1.29, 1.82) is 0 Å². The number of nitrogens with zero attached hydrogens (tertiary/aromatic N) is 1. The summed E-state index contributed by atoms with van der Waals surface area (Å²) in [6.45, 7) is 0. The predicted octanol–water partition coefficient (Wildman–Crippen LogP) is 2.53. The Hall–Kier alpha value is -2.82. The van der Waals surface area contributed by atoms with E-state index in [-0.39, 0.29) is 17.4 Å². The van der Waals surface area contributed by atoms with E-state index in [4.69, 9.17) is 5.11 Å². The number of carbonyl (C=O) groups is 1. The molecular formula is C16H14N2O3. The van der Waals surface area contributed by atoms with Crippen LogP contribution in [0.2, 0.25) is 0 Å². The van der Waals surface area contributed by atoms with Crippen LogP contribution in [-0.4, -0.2) is 21.9 Å². The molecule has 2 aromatic rings. The molecule has 0 amide bonds. The Morgan fingerprint density at radius 3 is 2.52 bits per heavy atom. The molecule has 0 saturated carbocycles. The second-order valence-corrected chi connectivity index (χ2v) is 4.89. The molecule has 21 heavy (non-hydrogen) atoms. The lowest BCUT2D eigenvalue weighted by Gasteiger charge is -2.11. The van der Waals surface area contributed by atoms with Gasteiger partial charge in [-0.3, -0.25) is 0 Å². The zero-order valence-electron chi connectivity index (χ0n) is 11.2. The van der Waals surface area contributed by atoms with Gasteiger partial charge in [-0.2, -0.15) is 5.10 Å². The lowest BCUT2D eigenvalue weighted by Crippen LogP contribution is -2.10. The molecule has 5 heteroatoms. The summed E-state index contributed by atoms with van der Waals surface area (Å²) in [5, 5.41) is 23.0. The van der Waals surface area contributed by atoms with Crippen LogP contribution in [0, 0.1) is 0 Å². The molecule has 1 heterocycles. The summed E-state index contributed by atoms with van der Waals surface area (Å²) in [6, 6.07) is 13.7. The lowest BCUT2D eigenvalue weighted by molar-refractivity contribution is 0.0697. The van der Waals surface area contributed by atoms with Crippen LogP contribution in [0.5, 0.6) is 5.75 Å². The Balaban J connectivity index is 1.78. The molecule has 0 fully saturated rings. The molecule has 1 aliphatic heterocycles. The van der Waals surface area contributed by atoms with E-state index in [1.807, 2.05) is 12.1 Å². The zero-order chi connectivity index (χ0) is 14.8. The van der Waals surface area contributed by atoms with Crippen LogP contribution in [0.3, 0.4) is 0 Å². The zero-order valence-corrected chi connectivity index (χ0v) is 11.2. The van der Waals surface area contributed by atoms with Gasteiger partial charge < -0.3 is 15.6 Å². The topological polar surface area (TPSA) is 81.9 Å². The van der Waals surface area contributed by atoms with E-state index >= 15 is 0 Å². The van der Waals surface area contributed by atoms with Gasteiger partial charge in [0.05, 0.1) is 17.3 Å². The van der Waals surface area contributed by atoms with Crippen molar-refractivity contribution in [2.75, 3.05) is 0 Å². The average Bonchev–Trinajstić information content (AvgIpc) is 2.97. The highest BCUT2D eigenvalue weighted by molar-refractivity contribution is 6.02. The summed E-state index contributed by atoms with van der Waals surface area (Å²) in [7, 11) is 0. The number of benzene rings is 2.